The first kappa shape index (κ1) is 16.2. The van der Waals surface area contributed by atoms with Gasteiger partial charge in [0.2, 0.25) is 5.75 Å². The van der Waals surface area contributed by atoms with Crippen molar-refractivity contribution in [2.24, 2.45) is 0 Å². The molecule has 0 radical (unpaired) electrons. The van der Waals surface area contributed by atoms with Gasteiger partial charge in [0, 0.05) is 16.7 Å². The lowest BCUT2D eigenvalue weighted by Gasteiger charge is -2.09. The second-order valence-electron chi connectivity index (χ2n) is 3.44. The molecule has 110 valence electrons. The fourth-order valence-corrected chi connectivity index (χ4v) is 2.46. The van der Waals surface area contributed by atoms with Crippen LogP contribution < -0.4 is 4.74 Å². The summed E-state index contributed by atoms with van der Waals surface area (Å²) in [7, 11) is 1.91. The Balaban J connectivity index is 3.65. The van der Waals surface area contributed by atoms with Gasteiger partial charge in [0.15, 0.2) is 0 Å². The number of benzene rings is 1. The normalized spacial score (nSPS) is 10.9. The molecule has 20 heavy (non-hydrogen) atoms. The zero-order chi connectivity index (χ0) is 15.5. The van der Waals surface area contributed by atoms with Crippen LogP contribution in [0.15, 0.2) is 17.0 Å². The van der Waals surface area contributed by atoms with Crippen LogP contribution in [0.3, 0.4) is 0 Å². The third kappa shape index (κ3) is 3.36. The van der Waals surface area contributed by atoms with Crippen molar-refractivity contribution in [2.75, 3.05) is 13.7 Å². The molecule has 0 amide bonds. The molecule has 0 aromatic heterocycles. The van der Waals surface area contributed by atoms with Crippen molar-refractivity contribution in [3.8, 4) is 5.75 Å². The molecule has 0 heterocycles. The Bertz CT molecular complexity index is 656. The van der Waals surface area contributed by atoms with Gasteiger partial charge in [-0.2, -0.15) is 0 Å². The molecule has 0 saturated heterocycles. The highest BCUT2D eigenvalue weighted by Crippen LogP contribution is 2.37. The van der Waals surface area contributed by atoms with Gasteiger partial charge in [0.05, 0.1) is 24.2 Å². The second-order valence-corrected chi connectivity index (χ2v) is 5.98. The molecule has 0 bridgehead atoms. The van der Waals surface area contributed by atoms with E-state index < -0.39 is 36.3 Å². The molecular formula is C10H10ClNO7S. The highest BCUT2D eigenvalue weighted by Gasteiger charge is 2.29. The lowest BCUT2D eigenvalue weighted by molar-refractivity contribution is -0.386. The molecule has 0 aliphatic rings. The van der Waals surface area contributed by atoms with Crippen LogP contribution in [-0.2, 0) is 13.8 Å². The fourth-order valence-electron chi connectivity index (χ4n) is 1.44. The fraction of sp³-hybridized carbons (Fsp3) is 0.300. The zero-order valence-electron chi connectivity index (χ0n) is 10.5. The van der Waals surface area contributed by atoms with Gasteiger partial charge in [-0.1, -0.05) is 0 Å². The van der Waals surface area contributed by atoms with Gasteiger partial charge in [-0.05, 0) is 13.0 Å². The quantitative estimate of drug-likeness (QED) is 0.351. The zero-order valence-corrected chi connectivity index (χ0v) is 12.0. The Morgan fingerprint density at radius 2 is 2.05 bits per heavy atom. The number of esters is 1. The Hall–Kier alpha value is -1.87. The average molecular weight is 324 g/mol. The van der Waals surface area contributed by atoms with Gasteiger partial charge < -0.3 is 9.47 Å². The largest absolute Gasteiger partial charge is 0.489 e. The summed E-state index contributed by atoms with van der Waals surface area (Å²) in [5, 5.41) is 10.9. The minimum absolute atomic E-state index is 0.0294. The van der Waals surface area contributed by atoms with Gasteiger partial charge in [-0.25, -0.2) is 13.2 Å². The molecule has 0 fully saturated rings. The molecule has 0 N–H and O–H groups in total. The van der Waals surface area contributed by atoms with Crippen LogP contribution in [0, 0.1) is 10.1 Å². The molecule has 0 unspecified atom stereocenters. The Morgan fingerprint density at radius 3 is 2.45 bits per heavy atom. The number of nitrogens with zero attached hydrogens (tertiary/aromatic N) is 1. The van der Waals surface area contributed by atoms with Gasteiger partial charge in [-0.15, -0.1) is 0 Å². The molecule has 0 aliphatic carbocycles. The van der Waals surface area contributed by atoms with Crippen molar-refractivity contribution in [3.63, 3.8) is 0 Å². The van der Waals surface area contributed by atoms with E-state index >= 15 is 0 Å². The number of nitro groups is 1. The number of carbonyl (C=O) groups excluding carboxylic acids is 1. The molecule has 0 saturated carbocycles. The number of rotatable bonds is 5. The maximum Gasteiger partial charge on any atom is 0.338 e. The third-order valence-corrected chi connectivity index (χ3v) is 3.54. The van der Waals surface area contributed by atoms with E-state index in [0.29, 0.717) is 0 Å². The highest BCUT2D eigenvalue weighted by atomic mass is 35.7. The summed E-state index contributed by atoms with van der Waals surface area (Å²) in [4.78, 5) is 21.0. The molecule has 1 aromatic rings. The molecule has 1 rings (SSSR count). The van der Waals surface area contributed by atoms with Crippen LogP contribution in [0.4, 0.5) is 5.69 Å². The minimum Gasteiger partial charge on any atom is -0.489 e. The van der Waals surface area contributed by atoms with E-state index in [1.165, 1.54) is 6.92 Å². The molecule has 0 atom stereocenters. The van der Waals surface area contributed by atoms with Gasteiger partial charge >= 0.3 is 11.7 Å². The summed E-state index contributed by atoms with van der Waals surface area (Å²) < 4.78 is 32.2. The predicted octanol–water partition coefficient (Wildman–Crippen LogP) is 1.71. The smallest absolute Gasteiger partial charge is 0.338 e. The number of hydrogen-bond acceptors (Lipinski definition) is 7. The van der Waals surface area contributed by atoms with Crippen molar-refractivity contribution < 1.29 is 27.6 Å². The van der Waals surface area contributed by atoms with E-state index in [9.17, 15) is 23.3 Å². The van der Waals surface area contributed by atoms with Gasteiger partial charge in [0.25, 0.3) is 9.05 Å². The minimum atomic E-state index is -4.34. The number of carbonyl (C=O) groups is 1. The van der Waals surface area contributed by atoms with Crippen molar-refractivity contribution >= 4 is 31.4 Å². The lowest BCUT2D eigenvalue weighted by atomic mass is 10.2. The van der Waals surface area contributed by atoms with Crippen molar-refractivity contribution in [3.05, 3.63) is 27.8 Å². The van der Waals surface area contributed by atoms with Crippen molar-refractivity contribution in [2.45, 2.75) is 11.8 Å². The van der Waals surface area contributed by atoms with E-state index in [2.05, 4.69) is 4.74 Å². The first-order valence-corrected chi connectivity index (χ1v) is 7.51. The van der Waals surface area contributed by atoms with Crippen LogP contribution >= 0.6 is 10.7 Å². The molecule has 0 spiro atoms. The number of methoxy groups -OCH3 is 1. The van der Waals surface area contributed by atoms with E-state index in [0.717, 1.165) is 19.2 Å². The van der Waals surface area contributed by atoms with Crippen molar-refractivity contribution in [1.29, 1.82) is 0 Å². The van der Waals surface area contributed by atoms with Crippen LogP contribution in [0.5, 0.6) is 5.75 Å². The summed E-state index contributed by atoms with van der Waals surface area (Å²) in [6.07, 6.45) is 0. The van der Waals surface area contributed by atoms with E-state index in [-0.39, 0.29) is 12.2 Å². The van der Waals surface area contributed by atoms with Crippen LogP contribution in [0.25, 0.3) is 0 Å². The van der Waals surface area contributed by atoms with Crippen molar-refractivity contribution in [1.82, 2.24) is 0 Å². The Kier molecular flexibility index (Phi) is 4.90. The van der Waals surface area contributed by atoms with Gasteiger partial charge in [0.1, 0.15) is 4.90 Å². The van der Waals surface area contributed by atoms with Crippen LogP contribution in [0.2, 0.25) is 0 Å². The van der Waals surface area contributed by atoms with Gasteiger partial charge in [-0.3, -0.25) is 10.1 Å². The Morgan fingerprint density at radius 1 is 1.45 bits per heavy atom. The molecule has 1 aromatic carbocycles. The molecule has 10 heteroatoms. The SMILES string of the molecule is CCOC(=O)c1cc([N+](=O)[O-])c(OC)c(S(=O)(=O)Cl)c1. The summed E-state index contributed by atoms with van der Waals surface area (Å²) in [5.41, 5.74) is -1.00. The summed E-state index contributed by atoms with van der Waals surface area (Å²) >= 11 is 0. The molecule has 8 nitrogen and oxygen atoms in total. The number of halogens is 1. The predicted molar refractivity (Wildman–Crippen MR) is 68.6 cm³/mol. The summed E-state index contributed by atoms with van der Waals surface area (Å²) in [6.45, 7) is 1.57. The number of hydrogen-bond donors (Lipinski definition) is 0. The monoisotopic (exact) mass is 323 g/mol. The average Bonchev–Trinajstić information content (AvgIpc) is 2.36. The topological polar surface area (TPSA) is 113 Å². The Labute approximate surface area is 118 Å². The van der Waals surface area contributed by atoms with Crippen LogP contribution in [0.1, 0.15) is 17.3 Å². The standard InChI is InChI=1S/C10H10ClNO7S/c1-3-19-10(13)6-4-7(12(14)15)9(18-2)8(5-6)20(11,16)17/h4-5H,3H2,1-2H3. The van der Waals surface area contributed by atoms with E-state index in [1.807, 2.05) is 0 Å². The highest BCUT2D eigenvalue weighted by molar-refractivity contribution is 8.13. The number of ether oxygens (including phenoxy) is 2. The number of nitro benzene ring substituents is 1. The second kappa shape index (κ2) is 6.06. The molecular weight excluding hydrogens is 314 g/mol. The summed E-state index contributed by atoms with van der Waals surface area (Å²) in [5.74, 6) is -1.45. The molecule has 0 aliphatic heterocycles. The van der Waals surface area contributed by atoms with E-state index in [1.54, 1.807) is 0 Å². The lowest BCUT2D eigenvalue weighted by Crippen LogP contribution is -2.08. The summed E-state index contributed by atoms with van der Waals surface area (Å²) in [6, 6.07) is 1.73. The maximum absolute atomic E-state index is 11.6. The van der Waals surface area contributed by atoms with Crippen LogP contribution in [-0.4, -0.2) is 33.0 Å². The maximum atomic E-state index is 11.6. The first-order valence-electron chi connectivity index (χ1n) is 5.20. The third-order valence-electron chi connectivity index (χ3n) is 2.21. The first-order chi connectivity index (χ1) is 9.22. The van der Waals surface area contributed by atoms with E-state index in [4.69, 9.17) is 15.4 Å².